The summed E-state index contributed by atoms with van der Waals surface area (Å²) in [5, 5.41) is 0. The second-order valence-corrected chi connectivity index (χ2v) is 8.67. The summed E-state index contributed by atoms with van der Waals surface area (Å²) in [5.41, 5.74) is 4.84. The molecular formula is C29H38N2O. The molecule has 3 rings (SSSR count). The second-order valence-electron chi connectivity index (χ2n) is 8.67. The van der Waals surface area contributed by atoms with Gasteiger partial charge in [-0.1, -0.05) is 76.6 Å². The minimum Gasteiger partial charge on any atom is -0.489 e. The number of hydrogen-bond acceptors (Lipinski definition) is 3. The van der Waals surface area contributed by atoms with Crippen molar-refractivity contribution in [3.8, 4) is 17.1 Å². The van der Waals surface area contributed by atoms with Crippen LogP contribution in [0.15, 0.2) is 60.9 Å². The van der Waals surface area contributed by atoms with E-state index in [-0.39, 0.29) is 0 Å². The summed E-state index contributed by atoms with van der Waals surface area (Å²) in [7, 11) is 0. The molecule has 2 aromatic carbocycles. The highest BCUT2D eigenvalue weighted by molar-refractivity contribution is 5.55. The molecule has 0 spiro atoms. The zero-order valence-corrected chi connectivity index (χ0v) is 19.9. The van der Waals surface area contributed by atoms with Crippen LogP contribution in [-0.4, -0.2) is 9.97 Å². The molecule has 1 heterocycles. The van der Waals surface area contributed by atoms with Crippen molar-refractivity contribution in [1.29, 1.82) is 0 Å². The third-order valence-corrected chi connectivity index (χ3v) is 5.88. The summed E-state index contributed by atoms with van der Waals surface area (Å²) in [4.78, 5) is 9.16. The predicted octanol–water partition coefficient (Wildman–Crippen LogP) is 7.97. The Morgan fingerprint density at radius 3 is 1.88 bits per heavy atom. The van der Waals surface area contributed by atoms with Gasteiger partial charge in [0.05, 0.1) is 0 Å². The van der Waals surface area contributed by atoms with E-state index in [0.29, 0.717) is 6.61 Å². The molecule has 3 nitrogen and oxygen atoms in total. The largest absolute Gasteiger partial charge is 0.489 e. The lowest BCUT2D eigenvalue weighted by atomic mass is 10.1. The number of aromatic nitrogens is 2. The normalized spacial score (nSPS) is 10.9. The van der Waals surface area contributed by atoms with Gasteiger partial charge in [-0.05, 0) is 66.6 Å². The molecule has 0 N–H and O–H groups in total. The standard InChI is InChI=1S/C29H38N2O/c1-3-5-7-8-9-10-12-26-21-30-29(31-22-26)27-17-19-28(20-18-27)32-23-25-15-13-24(14-16-25)11-6-4-2/h13-22H,3-12,23H2,1-2H3. The fourth-order valence-corrected chi connectivity index (χ4v) is 3.79. The highest BCUT2D eigenvalue weighted by Gasteiger charge is 2.04. The number of unbranched alkanes of at least 4 members (excludes halogenated alkanes) is 6. The first-order valence-electron chi connectivity index (χ1n) is 12.4. The first-order valence-corrected chi connectivity index (χ1v) is 12.4. The summed E-state index contributed by atoms with van der Waals surface area (Å²) in [6.45, 7) is 5.07. The monoisotopic (exact) mass is 430 g/mol. The number of hydrogen-bond donors (Lipinski definition) is 0. The van der Waals surface area contributed by atoms with Gasteiger partial charge in [0.15, 0.2) is 5.82 Å². The molecule has 0 atom stereocenters. The molecular weight excluding hydrogens is 392 g/mol. The van der Waals surface area contributed by atoms with E-state index < -0.39 is 0 Å². The van der Waals surface area contributed by atoms with E-state index >= 15 is 0 Å². The van der Waals surface area contributed by atoms with Crippen LogP contribution in [0.3, 0.4) is 0 Å². The van der Waals surface area contributed by atoms with Crippen molar-refractivity contribution in [2.24, 2.45) is 0 Å². The van der Waals surface area contributed by atoms with E-state index in [1.54, 1.807) is 0 Å². The molecule has 0 fully saturated rings. The third kappa shape index (κ3) is 8.11. The summed E-state index contributed by atoms with van der Waals surface area (Å²) < 4.78 is 5.96. The van der Waals surface area contributed by atoms with Gasteiger partial charge in [-0.25, -0.2) is 9.97 Å². The minimum absolute atomic E-state index is 0.580. The Hall–Kier alpha value is -2.68. The zero-order chi connectivity index (χ0) is 22.4. The van der Waals surface area contributed by atoms with Gasteiger partial charge in [0.2, 0.25) is 0 Å². The molecule has 0 aliphatic carbocycles. The summed E-state index contributed by atoms with van der Waals surface area (Å²) >= 11 is 0. The molecule has 0 radical (unpaired) electrons. The summed E-state index contributed by atoms with van der Waals surface area (Å²) in [5.74, 6) is 1.63. The van der Waals surface area contributed by atoms with E-state index in [4.69, 9.17) is 4.74 Å². The number of nitrogens with zero attached hydrogens (tertiary/aromatic N) is 2. The van der Waals surface area contributed by atoms with Crippen LogP contribution in [0, 0.1) is 0 Å². The predicted molar refractivity (Wildman–Crippen MR) is 134 cm³/mol. The maximum atomic E-state index is 5.96. The molecule has 3 aromatic rings. The summed E-state index contributed by atoms with van der Waals surface area (Å²) in [6.07, 6.45) is 16.5. The average molecular weight is 431 g/mol. The van der Waals surface area contributed by atoms with Crippen LogP contribution in [-0.2, 0) is 19.4 Å². The second kappa shape index (κ2) is 13.7. The highest BCUT2D eigenvalue weighted by Crippen LogP contribution is 2.21. The van der Waals surface area contributed by atoms with Crippen molar-refractivity contribution in [2.75, 3.05) is 0 Å². The number of rotatable bonds is 14. The molecule has 32 heavy (non-hydrogen) atoms. The van der Waals surface area contributed by atoms with Crippen molar-refractivity contribution < 1.29 is 4.74 Å². The molecule has 0 amide bonds. The Balaban J connectivity index is 1.44. The van der Waals surface area contributed by atoms with Crippen molar-refractivity contribution in [3.05, 3.63) is 77.6 Å². The number of benzene rings is 2. The van der Waals surface area contributed by atoms with Gasteiger partial charge >= 0.3 is 0 Å². The van der Waals surface area contributed by atoms with Gasteiger partial charge in [-0.2, -0.15) is 0 Å². The van der Waals surface area contributed by atoms with Gasteiger partial charge in [-0.15, -0.1) is 0 Å². The molecule has 170 valence electrons. The van der Waals surface area contributed by atoms with E-state index in [2.05, 4.69) is 48.1 Å². The van der Waals surface area contributed by atoms with Crippen molar-refractivity contribution in [1.82, 2.24) is 9.97 Å². The Bertz CT molecular complexity index is 886. The van der Waals surface area contributed by atoms with Crippen LogP contribution >= 0.6 is 0 Å². The maximum absolute atomic E-state index is 5.96. The average Bonchev–Trinajstić information content (AvgIpc) is 2.85. The molecule has 3 heteroatoms. The van der Waals surface area contributed by atoms with Crippen LogP contribution < -0.4 is 4.74 Å². The number of aryl methyl sites for hydroxylation is 2. The summed E-state index contributed by atoms with van der Waals surface area (Å²) in [6, 6.07) is 16.8. The smallest absolute Gasteiger partial charge is 0.159 e. The van der Waals surface area contributed by atoms with E-state index in [1.807, 2.05) is 36.7 Å². The molecule has 0 unspecified atom stereocenters. The van der Waals surface area contributed by atoms with Crippen molar-refractivity contribution in [3.63, 3.8) is 0 Å². The third-order valence-electron chi connectivity index (χ3n) is 5.88. The highest BCUT2D eigenvalue weighted by atomic mass is 16.5. The fourth-order valence-electron chi connectivity index (χ4n) is 3.79. The van der Waals surface area contributed by atoms with Crippen molar-refractivity contribution >= 4 is 0 Å². The topological polar surface area (TPSA) is 35.0 Å². The molecule has 1 aromatic heterocycles. The molecule has 0 aliphatic rings. The van der Waals surface area contributed by atoms with Crippen LogP contribution in [0.2, 0.25) is 0 Å². The SMILES string of the molecule is CCCCCCCCc1cnc(-c2ccc(OCc3ccc(CCCC)cc3)cc2)nc1. The van der Waals surface area contributed by atoms with Gasteiger partial charge in [0.1, 0.15) is 12.4 Å². The fraction of sp³-hybridized carbons (Fsp3) is 0.448. The Labute approximate surface area is 194 Å². The van der Waals surface area contributed by atoms with Gasteiger partial charge in [0.25, 0.3) is 0 Å². The maximum Gasteiger partial charge on any atom is 0.159 e. The Morgan fingerprint density at radius 1 is 0.594 bits per heavy atom. The van der Waals surface area contributed by atoms with Crippen LogP contribution in [0.1, 0.15) is 81.9 Å². The molecule has 0 aliphatic heterocycles. The number of ether oxygens (including phenoxy) is 1. The van der Waals surface area contributed by atoms with E-state index in [0.717, 1.165) is 30.0 Å². The van der Waals surface area contributed by atoms with Gasteiger partial charge in [-0.3, -0.25) is 0 Å². The molecule has 0 saturated carbocycles. The van der Waals surface area contributed by atoms with Gasteiger partial charge < -0.3 is 4.74 Å². The minimum atomic E-state index is 0.580. The Kier molecular flexibility index (Phi) is 10.2. The lowest BCUT2D eigenvalue weighted by Crippen LogP contribution is -1.96. The van der Waals surface area contributed by atoms with E-state index in [9.17, 15) is 0 Å². The van der Waals surface area contributed by atoms with Crippen LogP contribution in [0.4, 0.5) is 0 Å². The van der Waals surface area contributed by atoms with Crippen molar-refractivity contribution in [2.45, 2.75) is 84.7 Å². The lowest BCUT2D eigenvalue weighted by molar-refractivity contribution is 0.306. The first-order chi connectivity index (χ1) is 15.8. The van der Waals surface area contributed by atoms with Crippen LogP contribution in [0.25, 0.3) is 11.4 Å². The van der Waals surface area contributed by atoms with Crippen LogP contribution in [0.5, 0.6) is 5.75 Å². The lowest BCUT2D eigenvalue weighted by Gasteiger charge is -2.08. The molecule has 0 saturated heterocycles. The quantitative estimate of drug-likeness (QED) is 0.243. The van der Waals surface area contributed by atoms with Gasteiger partial charge in [0, 0.05) is 18.0 Å². The zero-order valence-electron chi connectivity index (χ0n) is 19.9. The first kappa shape index (κ1) is 24.0. The molecule has 0 bridgehead atoms. The van der Waals surface area contributed by atoms with E-state index in [1.165, 1.54) is 68.1 Å². The Morgan fingerprint density at radius 2 is 1.19 bits per heavy atom.